The van der Waals surface area contributed by atoms with E-state index in [1.54, 1.807) is 30.3 Å². The number of aryl methyl sites for hydroxylation is 6. The van der Waals surface area contributed by atoms with Gasteiger partial charge in [0, 0.05) is 111 Å². The van der Waals surface area contributed by atoms with Crippen molar-refractivity contribution in [1.82, 2.24) is 59.6 Å². The number of hydrogen-bond donors (Lipinski definition) is 14. The van der Waals surface area contributed by atoms with Gasteiger partial charge in [0.25, 0.3) is 0 Å². The minimum absolute atomic E-state index is 0.0256. The zero-order valence-corrected chi connectivity index (χ0v) is 74.2. The van der Waals surface area contributed by atoms with Crippen molar-refractivity contribution in [1.29, 1.82) is 0 Å². The Bertz CT molecular complexity index is 5790. The highest BCUT2D eigenvalue weighted by Gasteiger charge is 2.28. The number of halogens is 3. The zero-order valence-electron chi connectivity index (χ0n) is 70.2. The molecule has 0 fully saturated rings. The van der Waals surface area contributed by atoms with Crippen molar-refractivity contribution in [2.45, 2.75) is 156 Å². The van der Waals surface area contributed by atoms with E-state index in [2.05, 4.69) is 79.0 Å². The number of aromatic hydroxyl groups is 4. The number of unbranched alkanes of at least 4 members (excludes halogenated alkanes) is 3. The molecule has 0 unspecified atom stereocenters. The van der Waals surface area contributed by atoms with Crippen LogP contribution in [-0.2, 0) is 95.9 Å². The van der Waals surface area contributed by atoms with Gasteiger partial charge in [-0.05, 0) is 142 Å². The number of para-hydroxylation sites is 2. The first-order chi connectivity index (χ1) is 60.1. The van der Waals surface area contributed by atoms with E-state index in [1.165, 1.54) is 24.3 Å². The Hall–Kier alpha value is -10.4. The average Bonchev–Trinajstić information content (AvgIpc) is 1.68. The van der Waals surface area contributed by atoms with Gasteiger partial charge in [0.2, 0.25) is 17.7 Å². The standard InChI is InChI=1S/2C29H37ClN5O7P.C29H36ClN5O4/c1-2-3-10-24-34-26-27(35(24)18-20-8-4-9-23(28(20)37)42-43(38,39)40)21-12-11-19(16-22(21)33-29(26)31)7-5-14-41-15-6-13-32-25(36)17-30;1-2-3-10-24-34-26-27(35(24)18-20-8-4-9-23(36)28(20)42-43(38,39)40)21-12-11-19(16-22(21)33-29(26)31)7-5-14-41-15-6-13-32-25(37)17-30;1-2-3-7-25-34-27-28(35(25)18-20-16-21(36)9-11-24(20)37)22-10-8-19(15-23(22)33-29(27)31)6-4-13-39-14-5-12-32-26(38)17-30/h4,8-9,11-12,16,37H,2-3,5-7,10,13-15,17-18H2,1H3,(H2,31,33)(H,32,36)(H2,38,39,40);4,8-9,11-12,16,36H,2-3,5-7,10,13-15,17-18H2,1H3,(H2,31,33)(H,32,37)(H2,38,39,40);8-11,15-16,36-37H,2-7,12-14,17-18H2,1H3,(H2,31,33)(H,32,38). The van der Waals surface area contributed by atoms with Crippen LogP contribution >= 0.6 is 50.4 Å². The highest BCUT2D eigenvalue weighted by molar-refractivity contribution is 7.47. The van der Waals surface area contributed by atoms with E-state index in [0.717, 1.165) is 162 Å². The third-order valence-electron chi connectivity index (χ3n) is 20.4. The van der Waals surface area contributed by atoms with Crippen molar-refractivity contribution in [2.75, 3.05) is 94.1 Å². The number of nitrogens with two attached hydrogens (primary N) is 3. The Balaban J connectivity index is 0.000000196. The van der Waals surface area contributed by atoms with E-state index in [4.69, 9.17) is 85.7 Å². The lowest BCUT2D eigenvalue weighted by Crippen LogP contribution is -2.26. The molecule has 12 aromatic rings. The summed E-state index contributed by atoms with van der Waals surface area (Å²) in [6.07, 6.45) is 14.7. The van der Waals surface area contributed by atoms with Gasteiger partial charge < -0.3 is 90.5 Å². The maximum Gasteiger partial charge on any atom is 0.524 e. The molecule has 0 spiro atoms. The molecular formula is C87H110Cl3N15O18P2. The van der Waals surface area contributed by atoms with Crippen LogP contribution in [0.4, 0.5) is 17.5 Å². The number of ether oxygens (including phenoxy) is 3. The number of carbonyl (C=O) groups excluding carboxylic acids is 3. The largest absolute Gasteiger partial charge is 0.524 e. The Morgan fingerprint density at radius 3 is 1.14 bits per heavy atom. The molecular weight excluding hydrogens is 1710 g/mol. The molecule has 672 valence electrons. The van der Waals surface area contributed by atoms with E-state index in [-0.39, 0.29) is 88.8 Å². The summed E-state index contributed by atoms with van der Waals surface area (Å²) in [5.41, 5.74) is 30.2. The molecule has 6 aromatic heterocycles. The Morgan fingerprint density at radius 1 is 0.408 bits per heavy atom. The number of phosphoric ester groups is 2. The van der Waals surface area contributed by atoms with Gasteiger partial charge in [-0.3, -0.25) is 34.0 Å². The topological polar surface area (TPSA) is 500 Å². The lowest BCUT2D eigenvalue weighted by Gasteiger charge is -2.16. The Kier molecular flexibility index (Phi) is 36.6. The lowest BCUT2D eigenvalue weighted by atomic mass is 10.1. The third kappa shape index (κ3) is 27.6. The summed E-state index contributed by atoms with van der Waals surface area (Å²) < 4.78 is 55.7. The van der Waals surface area contributed by atoms with Crippen LogP contribution < -0.4 is 42.2 Å². The molecule has 0 aliphatic carbocycles. The lowest BCUT2D eigenvalue weighted by molar-refractivity contribution is -0.119. The van der Waals surface area contributed by atoms with E-state index in [0.29, 0.717) is 147 Å². The van der Waals surface area contributed by atoms with Crippen LogP contribution in [-0.4, -0.2) is 178 Å². The molecule has 38 heteroatoms. The van der Waals surface area contributed by atoms with E-state index in [1.807, 2.05) is 45.5 Å². The second-order valence-electron chi connectivity index (χ2n) is 30.0. The number of pyridine rings is 3. The van der Waals surface area contributed by atoms with E-state index < -0.39 is 15.6 Å². The molecule has 0 aliphatic rings. The SMILES string of the molecule is CCCCc1nc2c(N)nc3cc(CCCOCCCNC(=O)CCl)ccc3c2n1Cc1cc(O)ccc1O.CCCCc1nc2c(N)nc3cc(CCCOCCCNC(=O)CCl)ccc3c2n1Cc1cccc(O)c1OP(=O)(O)O.CCCCc1nc2c(N)nc3cc(CCCOCCCNC(=O)CCl)ccc3c2n1Cc1cccc(OP(=O)(O)O)c1O. The number of rotatable bonds is 46. The molecule has 0 aliphatic heterocycles. The fourth-order valence-corrected chi connectivity index (χ4v) is 15.5. The Labute approximate surface area is 738 Å². The van der Waals surface area contributed by atoms with Gasteiger partial charge in [0.05, 0.1) is 52.7 Å². The number of hydrogen-bond acceptors (Lipinski definition) is 23. The molecule has 0 radical (unpaired) electrons. The first-order valence-corrected chi connectivity index (χ1v) is 46.3. The van der Waals surface area contributed by atoms with Crippen LogP contribution in [0.25, 0.3) is 65.8 Å². The second kappa shape index (κ2) is 47.3. The van der Waals surface area contributed by atoms with Crippen molar-refractivity contribution >= 4 is 151 Å². The van der Waals surface area contributed by atoms with Gasteiger partial charge in [-0.1, -0.05) is 101 Å². The molecule has 12 rings (SSSR count). The van der Waals surface area contributed by atoms with E-state index >= 15 is 0 Å². The summed E-state index contributed by atoms with van der Waals surface area (Å²) in [4.78, 5) is 99.4. The first kappa shape index (κ1) is 96.8. The van der Waals surface area contributed by atoms with Crippen molar-refractivity contribution in [3.8, 4) is 34.5 Å². The number of alkyl halides is 3. The van der Waals surface area contributed by atoms with Crippen molar-refractivity contribution in [3.05, 3.63) is 160 Å². The van der Waals surface area contributed by atoms with Crippen molar-refractivity contribution in [3.63, 3.8) is 0 Å². The molecule has 0 saturated carbocycles. The first-order valence-electron chi connectivity index (χ1n) is 41.7. The van der Waals surface area contributed by atoms with Gasteiger partial charge in [0.15, 0.2) is 40.5 Å². The van der Waals surface area contributed by atoms with Gasteiger partial charge >= 0.3 is 15.6 Å². The van der Waals surface area contributed by atoms with Crippen LogP contribution in [0.5, 0.6) is 34.5 Å². The number of nitrogens with one attached hydrogen (secondary N) is 3. The average molecular weight is 1820 g/mol. The number of nitrogens with zero attached hydrogens (tertiary/aromatic N) is 9. The molecule has 6 heterocycles. The summed E-state index contributed by atoms with van der Waals surface area (Å²) in [6, 6.07) is 31.9. The highest BCUT2D eigenvalue weighted by Crippen LogP contribution is 2.46. The van der Waals surface area contributed by atoms with Crippen LogP contribution in [0.3, 0.4) is 0 Å². The van der Waals surface area contributed by atoms with Crippen LogP contribution in [0, 0.1) is 0 Å². The van der Waals surface area contributed by atoms with Gasteiger partial charge in [0.1, 0.15) is 63.2 Å². The molecule has 17 N–H and O–H groups in total. The van der Waals surface area contributed by atoms with Crippen LogP contribution in [0.2, 0.25) is 0 Å². The minimum Gasteiger partial charge on any atom is -0.508 e. The van der Waals surface area contributed by atoms with Gasteiger partial charge in [-0.25, -0.2) is 39.0 Å². The van der Waals surface area contributed by atoms with Crippen LogP contribution in [0.15, 0.2) is 109 Å². The number of imidazole rings is 3. The van der Waals surface area contributed by atoms with Crippen molar-refractivity contribution in [2.24, 2.45) is 0 Å². The molecule has 3 amide bonds. The zero-order chi connectivity index (χ0) is 89.7. The number of benzene rings is 6. The number of nitrogen functional groups attached to an aromatic ring is 3. The molecule has 6 aromatic carbocycles. The summed E-state index contributed by atoms with van der Waals surface area (Å²) in [7, 11) is -9.79. The quantitative estimate of drug-likeness (QED) is 0.00729. The molecule has 33 nitrogen and oxygen atoms in total. The molecule has 0 saturated heterocycles. The highest BCUT2D eigenvalue weighted by atomic mass is 35.5. The predicted molar refractivity (Wildman–Crippen MR) is 485 cm³/mol. The number of phosphoric acid groups is 2. The number of amides is 3. The number of carbonyl (C=O) groups is 3. The second-order valence-corrected chi connectivity index (χ2v) is 33.1. The Morgan fingerprint density at radius 2 is 0.768 bits per heavy atom. The number of fused-ring (bicyclic) bond motifs is 9. The summed E-state index contributed by atoms with van der Waals surface area (Å²) in [5.74, 6) is 1.56. The predicted octanol–water partition coefficient (Wildman–Crippen LogP) is 13.5. The number of phenolic OH excluding ortho intramolecular Hbond substituents is 4. The van der Waals surface area contributed by atoms with Crippen molar-refractivity contribution < 1.29 is 86.8 Å². The number of phenols is 4. The normalized spacial score (nSPS) is 11.7. The fraction of sp³-hybridized carbons (Fsp3) is 0.414. The number of anilines is 3. The monoisotopic (exact) mass is 1820 g/mol. The molecule has 0 atom stereocenters. The summed E-state index contributed by atoms with van der Waals surface area (Å²) >= 11 is 16.4. The molecule has 0 bridgehead atoms. The van der Waals surface area contributed by atoms with Gasteiger partial charge in [-0.2, -0.15) is 0 Å². The third-order valence-corrected chi connectivity index (χ3v) is 22.0. The summed E-state index contributed by atoms with van der Waals surface area (Å²) in [6.45, 7) is 12.0. The fourth-order valence-electron chi connectivity index (χ4n) is 14.4. The van der Waals surface area contributed by atoms with Gasteiger partial charge in [-0.15, -0.1) is 34.8 Å². The maximum atomic E-state index is 11.7. The smallest absolute Gasteiger partial charge is 0.508 e. The van der Waals surface area contributed by atoms with E-state index in [9.17, 15) is 63.5 Å². The maximum absolute atomic E-state index is 11.7. The van der Waals surface area contributed by atoms with Crippen LogP contribution in [0.1, 0.15) is 149 Å². The molecule has 125 heavy (non-hydrogen) atoms. The minimum atomic E-state index is -4.93. The summed E-state index contributed by atoms with van der Waals surface area (Å²) in [5, 5.41) is 52.4. The number of aromatic nitrogens is 9.